The van der Waals surface area contributed by atoms with Crippen LogP contribution in [0.1, 0.15) is 42.7 Å². The number of benzene rings is 2. The van der Waals surface area contributed by atoms with Crippen molar-refractivity contribution in [3.63, 3.8) is 0 Å². The number of fused-ring (bicyclic) bond motifs is 3. The van der Waals surface area contributed by atoms with Crippen LogP contribution < -0.4 is 5.32 Å². The minimum Gasteiger partial charge on any atom is -0.480 e. The van der Waals surface area contributed by atoms with Crippen molar-refractivity contribution in [3.05, 3.63) is 59.7 Å². The molecule has 0 spiro atoms. The lowest BCUT2D eigenvalue weighted by atomic mass is 9.78. The molecular weight excluding hydrogens is 448 g/mol. The maximum Gasteiger partial charge on any atom is 0.407 e. The van der Waals surface area contributed by atoms with Crippen LogP contribution in [0.15, 0.2) is 48.5 Å². The molecular formula is C27H30N2O6. The summed E-state index contributed by atoms with van der Waals surface area (Å²) in [6.07, 6.45) is 1.90. The molecule has 1 saturated heterocycles. The minimum atomic E-state index is -1.03. The van der Waals surface area contributed by atoms with E-state index >= 15 is 0 Å². The summed E-state index contributed by atoms with van der Waals surface area (Å²) >= 11 is 0. The van der Waals surface area contributed by atoms with Gasteiger partial charge in [-0.3, -0.25) is 9.59 Å². The summed E-state index contributed by atoms with van der Waals surface area (Å²) in [7, 11) is 0. The summed E-state index contributed by atoms with van der Waals surface area (Å²) in [4.78, 5) is 39.1. The summed E-state index contributed by atoms with van der Waals surface area (Å²) in [6, 6.07) is 16.2. The molecule has 1 saturated carbocycles. The second kappa shape index (κ2) is 9.70. The largest absolute Gasteiger partial charge is 0.480 e. The molecule has 2 N–H and O–H groups in total. The van der Waals surface area contributed by atoms with E-state index in [1.54, 1.807) is 0 Å². The number of nitrogens with one attached hydrogen (secondary N) is 1. The number of carboxylic acids is 1. The van der Waals surface area contributed by atoms with Crippen LogP contribution >= 0.6 is 0 Å². The molecule has 0 bridgehead atoms. The smallest absolute Gasteiger partial charge is 0.407 e. The van der Waals surface area contributed by atoms with Crippen LogP contribution in [0.25, 0.3) is 11.1 Å². The maximum absolute atomic E-state index is 13.5. The first-order valence-electron chi connectivity index (χ1n) is 12.2. The van der Waals surface area contributed by atoms with Gasteiger partial charge in [-0.1, -0.05) is 48.5 Å². The Bertz CT molecular complexity index is 1080. The van der Waals surface area contributed by atoms with Crippen molar-refractivity contribution in [1.29, 1.82) is 0 Å². The van der Waals surface area contributed by atoms with Crippen molar-refractivity contribution in [2.45, 2.75) is 37.6 Å². The third kappa shape index (κ3) is 4.75. The third-order valence-electron chi connectivity index (χ3n) is 7.37. The Kier molecular flexibility index (Phi) is 6.47. The number of rotatable bonds is 8. The average Bonchev–Trinajstić information content (AvgIpc) is 3.67. The van der Waals surface area contributed by atoms with E-state index in [2.05, 4.69) is 29.6 Å². The van der Waals surface area contributed by atoms with E-state index in [0.29, 0.717) is 26.1 Å². The van der Waals surface area contributed by atoms with Gasteiger partial charge in [-0.2, -0.15) is 0 Å². The highest BCUT2D eigenvalue weighted by atomic mass is 16.5. The van der Waals surface area contributed by atoms with Crippen LogP contribution in [-0.4, -0.2) is 66.9 Å². The fourth-order valence-corrected chi connectivity index (χ4v) is 5.32. The van der Waals surface area contributed by atoms with Crippen molar-refractivity contribution in [1.82, 2.24) is 10.2 Å². The number of carbonyl (C=O) groups excluding carboxylic acids is 2. The molecule has 2 fully saturated rings. The molecule has 0 radical (unpaired) electrons. The lowest BCUT2D eigenvalue weighted by Gasteiger charge is -2.39. The van der Waals surface area contributed by atoms with Gasteiger partial charge in [-0.05, 0) is 47.9 Å². The van der Waals surface area contributed by atoms with Gasteiger partial charge in [0, 0.05) is 31.7 Å². The van der Waals surface area contributed by atoms with Crippen molar-refractivity contribution in [2.75, 3.05) is 32.9 Å². The summed E-state index contributed by atoms with van der Waals surface area (Å²) in [6.45, 7) is 0.746. The molecule has 184 valence electrons. The second-order valence-corrected chi connectivity index (χ2v) is 9.63. The molecule has 2 aromatic rings. The van der Waals surface area contributed by atoms with E-state index in [4.69, 9.17) is 9.47 Å². The number of hydrogen-bond acceptors (Lipinski definition) is 5. The number of hydrogen-bond donors (Lipinski definition) is 2. The van der Waals surface area contributed by atoms with Gasteiger partial charge in [-0.15, -0.1) is 0 Å². The van der Waals surface area contributed by atoms with Gasteiger partial charge < -0.3 is 24.8 Å². The summed E-state index contributed by atoms with van der Waals surface area (Å²) in [5.41, 5.74) is 3.68. The zero-order valence-corrected chi connectivity index (χ0v) is 19.6. The first kappa shape index (κ1) is 23.4. The quantitative estimate of drug-likeness (QED) is 0.603. The summed E-state index contributed by atoms with van der Waals surface area (Å²) in [5.74, 6) is -1.30. The molecule has 1 heterocycles. The Morgan fingerprint density at radius 2 is 1.60 bits per heavy atom. The lowest BCUT2D eigenvalue weighted by molar-refractivity contribution is -0.154. The zero-order chi connectivity index (χ0) is 24.4. The van der Waals surface area contributed by atoms with Gasteiger partial charge in [0.05, 0.1) is 5.41 Å². The van der Waals surface area contributed by atoms with Crippen molar-refractivity contribution in [2.24, 2.45) is 5.41 Å². The molecule has 3 aliphatic rings. The third-order valence-corrected chi connectivity index (χ3v) is 7.37. The topological polar surface area (TPSA) is 105 Å². The summed E-state index contributed by atoms with van der Waals surface area (Å²) in [5, 5.41) is 12.1. The second-order valence-electron chi connectivity index (χ2n) is 9.63. The van der Waals surface area contributed by atoms with Gasteiger partial charge in [0.1, 0.15) is 13.2 Å². The van der Waals surface area contributed by atoms with Crippen LogP contribution in [0.3, 0.4) is 0 Å². The Hall–Kier alpha value is -3.39. The van der Waals surface area contributed by atoms with Crippen LogP contribution in [-0.2, 0) is 19.1 Å². The summed E-state index contributed by atoms with van der Waals surface area (Å²) < 4.78 is 11.1. The van der Waals surface area contributed by atoms with Crippen LogP contribution in [0, 0.1) is 5.41 Å². The minimum absolute atomic E-state index is 0.0345. The van der Waals surface area contributed by atoms with Crippen LogP contribution in [0.2, 0.25) is 0 Å². The molecule has 2 aromatic carbocycles. The van der Waals surface area contributed by atoms with E-state index in [1.807, 2.05) is 24.3 Å². The predicted molar refractivity (Wildman–Crippen MR) is 128 cm³/mol. The molecule has 8 heteroatoms. The number of amides is 2. The molecule has 1 aliphatic heterocycles. The van der Waals surface area contributed by atoms with E-state index < -0.39 is 17.5 Å². The van der Waals surface area contributed by atoms with E-state index in [9.17, 15) is 19.5 Å². The predicted octanol–water partition coefficient (Wildman–Crippen LogP) is 3.40. The van der Waals surface area contributed by atoms with Crippen molar-refractivity contribution in [3.8, 4) is 11.1 Å². The van der Waals surface area contributed by atoms with E-state index in [1.165, 1.54) is 4.90 Å². The monoisotopic (exact) mass is 478 g/mol. The van der Waals surface area contributed by atoms with E-state index in [0.717, 1.165) is 35.1 Å². The van der Waals surface area contributed by atoms with E-state index in [-0.39, 0.29) is 37.6 Å². The number of carboxylic acid groups (broad SMARTS) is 1. The van der Waals surface area contributed by atoms with Crippen LogP contribution in [0.5, 0.6) is 0 Å². The first-order valence-corrected chi connectivity index (χ1v) is 12.2. The van der Waals surface area contributed by atoms with Crippen LogP contribution in [0.4, 0.5) is 4.79 Å². The normalized spacial score (nSPS) is 18.3. The van der Waals surface area contributed by atoms with Gasteiger partial charge in [0.2, 0.25) is 5.91 Å². The molecule has 0 aromatic heterocycles. The molecule has 0 unspecified atom stereocenters. The molecule has 2 aliphatic carbocycles. The number of aliphatic carboxylic acids is 1. The standard InChI is InChI=1S/C27H30N2O6/c30-24(31)15-29(18-9-10-18)25(32)27(11-13-34-14-12-27)17-28-26(33)35-16-23-21-7-3-1-5-19(21)20-6-2-4-8-22(20)23/h1-8,18,23H,9-17H2,(H,28,33)(H,30,31). The molecule has 2 amide bonds. The Labute approximate surface area is 204 Å². The average molecular weight is 479 g/mol. The maximum atomic E-state index is 13.5. The number of alkyl carbamates (subject to hydrolysis) is 1. The Balaban J connectivity index is 1.25. The van der Waals surface area contributed by atoms with Gasteiger partial charge >= 0.3 is 12.1 Å². The van der Waals surface area contributed by atoms with Gasteiger partial charge in [0.25, 0.3) is 0 Å². The van der Waals surface area contributed by atoms with Gasteiger partial charge in [-0.25, -0.2) is 4.79 Å². The lowest BCUT2D eigenvalue weighted by Crippen LogP contribution is -2.54. The SMILES string of the molecule is O=C(O)CN(C(=O)C1(CNC(=O)OCC2c3ccccc3-c3ccccc32)CCOCC1)C1CC1. The molecule has 0 atom stereocenters. The highest BCUT2D eigenvalue weighted by molar-refractivity contribution is 5.87. The molecule has 8 nitrogen and oxygen atoms in total. The fourth-order valence-electron chi connectivity index (χ4n) is 5.32. The van der Waals surface area contributed by atoms with Gasteiger partial charge in [0.15, 0.2) is 0 Å². The molecule has 5 rings (SSSR count). The highest BCUT2D eigenvalue weighted by Gasteiger charge is 2.47. The zero-order valence-electron chi connectivity index (χ0n) is 19.6. The highest BCUT2D eigenvalue weighted by Crippen LogP contribution is 2.44. The number of ether oxygens (including phenoxy) is 2. The Morgan fingerprint density at radius 3 is 2.17 bits per heavy atom. The Morgan fingerprint density at radius 1 is 1.00 bits per heavy atom. The molecule has 35 heavy (non-hydrogen) atoms. The number of nitrogens with zero attached hydrogens (tertiary/aromatic N) is 1. The fraction of sp³-hybridized carbons (Fsp3) is 0.444. The van der Waals surface area contributed by atoms with Crippen molar-refractivity contribution < 1.29 is 29.0 Å². The number of carbonyl (C=O) groups is 3. The first-order chi connectivity index (χ1) is 17.0. The van der Waals surface area contributed by atoms with Crippen molar-refractivity contribution >= 4 is 18.0 Å².